The number of hydrogen-bond donors (Lipinski definition) is 2. The molecule has 1 saturated carbocycles. The molecule has 2 saturated heterocycles. The smallest absolute Gasteiger partial charge is 0.331 e. The highest BCUT2D eigenvalue weighted by Crippen LogP contribution is 2.72. The molecule has 0 aromatic rings. The number of hydrogen-bond acceptors (Lipinski definition) is 10. The minimum Gasteiger partial charge on any atom is -0.478 e. The summed E-state index contributed by atoms with van der Waals surface area (Å²) in [5.41, 5.74) is 0.349. The van der Waals surface area contributed by atoms with Crippen LogP contribution in [-0.2, 0) is 42.8 Å². The third-order valence-electron chi connectivity index (χ3n) is 10.6. The molecular weight excluding hydrogens is 596 g/mol. The first-order valence-corrected chi connectivity index (χ1v) is 16.1. The van der Waals surface area contributed by atoms with E-state index in [1.807, 2.05) is 6.92 Å². The molecule has 2 bridgehead atoms. The van der Waals surface area contributed by atoms with E-state index in [0.717, 1.165) is 12.5 Å². The topological polar surface area (TPSA) is 150 Å². The van der Waals surface area contributed by atoms with Gasteiger partial charge in [0.15, 0.2) is 0 Å². The van der Waals surface area contributed by atoms with E-state index >= 15 is 0 Å². The maximum absolute atomic E-state index is 13.2. The molecule has 46 heavy (non-hydrogen) atoms. The van der Waals surface area contributed by atoms with Crippen LogP contribution in [0.5, 0.6) is 0 Å². The lowest BCUT2D eigenvalue weighted by atomic mass is 9.51. The molecule has 252 valence electrons. The summed E-state index contributed by atoms with van der Waals surface area (Å²) in [5, 5.41) is 19.0. The number of carbonyl (C=O) groups is 3. The van der Waals surface area contributed by atoms with E-state index in [0.29, 0.717) is 37.0 Å². The van der Waals surface area contributed by atoms with Crippen LogP contribution in [0.25, 0.3) is 0 Å². The lowest BCUT2D eigenvalue weighted by Crippen LogP contribution is -2.66. The molecule has 3 fully saturated rings. The summed E-state index contributed by atoms with van der Waals surface area (Å²) in [6.45, 7) is 8.37. The molecule has 0 amide bonds. The number of epoxide rings is 1. The van der Waals surface area contributed by atoms with Crippen molar-refractivity contribution in [2.75, 3.05) is 33.0 Å². The number of aliphatic carboxylic acids is 1. The van der Waals surface area contributed by atoms with E-state index in [-0.39, 0.29) is 45.1 Å². The Morgan fingerprint density at radius 1 is 1.17 bits per heavy atom. The predicted octanol–water partition coefficient (Wildman–Crippen LogP) is 3.76. The number of carboxylic acids is 1. The summed E-state index contributed by atoms with van der Waals surface area (Å²) >= 11 is 0. The van der Waals surface area contributed by atoms with Crippen molar-refractivity contribution in [2.24, 2.45) is 10.8 Å². The van der Waals surface area contributed by atoms with Gasteiger partial charge in [-0.25, -0.2) is 14.4 Å². The van der Waals surface area contributed by atoms with Gasteiger partial charge < -0.3 is 38.6 Å². The Morgan fingerprint density at radius 2 is 1.96 bits per heavy atom. The summed E-state index contributed by atoms with van der Waals surface area (Å²) in [4.78, 5) is 37.3. The first kappa shape index (κ1) is 34.3. The third kappa shape index (κ3) is 6.66. The van der Waals surface area contributed by atoms with Crippen LogP contribution in [0.4, 0.5) is 0 Å². The number of esters is 2. The van der Waals surface area contributed by atoms with Gasteiger partial charge in [0.1, 0.15) is 24.4 Å². The van der Waals surface area contributed by atoms with Crippen molar-refractivity contribution in [3.05, 3.63) is 59.3 Å². The monoisotopic (exact) mass is 642 g/mol. The SMILES string of the molecule is CC1=C[C@H]2O[C@@H]3CC4OC(=O)/C=C\C=C\[C@H]([C@@H](C)OCC/C(C)=C/C(=O)O)OCC/C(CO)=C/C(=O)OC[C@@]2(CC1)[C@]4(C)[C@]31CO1. The molecule has 2 spiro atoms. The number of carboxylic acid groups (broad SMARTS) is 1. The van der Waals surface area contributed by atoms with E-state index in [1.165, 1.54) is 17.7 Å². The first-order chi connectivity index (χ1) is 21.9. The fraction of sp³-hybridized carbons (Fsp3) is 0.629. The fourth-order valence-electron chi connectivity index (χ4n) is 7.68. The number of rotatable bonds is 7. The molecule has 8 atom stereocenters. The van der Waals surface area contributed by atoms with E-state index in [2.05, 4.69) is 19.9 Å². The normalized spacial score (nSPS) is 39.8. The van der Waals surface area contributed by atoms with Crippen LogP contribution in [0.2, 0.25) is 0 Å². The summed E-state index contributed by atoms with van der Waals surface area (Å²) < 4.78 is 36.9. The van der Waals surface area contributed by atoms with Gasteiger partial charge >= 0.3 is 17.9 Å². The van der Waals surface area contributed by atoms with Gasteiger partial charge in [-0.1, -0.05) is 42.4 Å². The Labute approximate surface area is 269 Å². The van der Waals surface area contributed by atoms with Crippen LogP contribution in [-0.4, -0.2) is 97.3 Å². The van der Waals surface area contributed by atoms with E-state index in [9.17, 15) is 19.5 Å². The second-order valence-electron chi connectivity index (χ2n) is 13.3. The van der Waals surface area contributed by atoms with Crippen LogP contribution >= 0.6 is 0 Å². The van der Waals surface area contributed by atoms with Crippen molar-refractivity contribution in [2.45, 2.75) is 95.9 Å². The third-order valence-corrected chi connectivity index (χ3v) is 10.6. The van der Waals surface area contributed by atoms with Crippen LogP contribution in [0.3, 0.4) is 0 Å². The van der Waals surface area contributed by atoms with Gasteiger partial charge in [0.05, 0.1) is 50.2 Å². The van der Waals surface area contributed by atoms with Gasteiger partial charge in [0.25, 0.3) is 0 Å². The van der Waals surface area contributed by atoms with E-state index in [1.54, 1.807) is 25.2 Å². The standard InChI is InChI=1S/C35H46O11/c1-22-9-12-34-20-43-32(40)17-25(19-36)11-14-42-26(24(3)41-13-10-23(2)16-30(37)38)7-5-6-8-31(39)46-27-18-29(45-28(34)15-22)35(21-44-35)33(27,34)4/h5-8,15-17,24,26-29,36H,9-14,18-21H2,1-4H3,(H,37,38)/b7-5+,8-6-,23-16+,25-17-/t24-,26-,27?,28-,29-,33-,34-,35+/m1/s1. The minimum atomic E-state index is -1.01. The van der Waals surface area contributed by atoms with Crippen LogP contribution in [0.15, 0.2) is 59.3 Å². The Hall–Kier alpha value is -3.09. The number of allylic oxidation sites excluding steroid dienone is 3. The zero-order chi connectivity index (χ0) is 33.1. The maximum atomic E-state index is 13.2. The molecule has 1 unspecified atom stereocenters. The highest BCUT2D eigenvalue weighted by atomic mass is 16.6. The molecule has 3 aliphatic heterocycles. The van der Waals surface area contributed by atoms with Gasteiger partial charge in [0.2, 0.25) is 0 Å². The van der Waals surface area contributed by atoms with E-state index < -0.39 is 52.7 Å². The highest BCUT2D eigenvalue weighted by Gasteiger charge is 2.83. The van der Waals surface area contributed by atoms with Crippen LogP contribution in [0, 0.1) is 10.8 Å². The average Bonchev–Trinajstić information content (AvgIpc) is 3.78. The fourth-order valence-corrected chi connectivity index (χ4v) is 7.68. The summed E-state index contributed by atoms with van der Waals surface area (Å²) in [5.74, 6) is -2.08. The van der Waals surface area contributed by atoms with Crippen molar-refractivity contribution in [3.8, 4) is 0 Å². The molecule has 3 heterocycles. The molecule has 0 aromatic heterocycles. The lowest BCUT2D eigenvalue weighted by Gasteiger charge is -2.58. The van der Waals surface area contributed by atoms with Crippen molar-refractivity contribution in [1.29, 1.82) is 0 Å². The number of cyclic esters (lactones) is 1. The molecule has 11 heteroatoms. The van der Waals surface area contributed by atoms with Crippen LogP contribution < -0.4 is 0 Å². The zero-order valence-electron chi connectivity index (χ0n) is 27.1. The molecule has 5 aliphatic rings. The number of aliphatic hydroxyl groups excluding tert-OH is 1. The highest BCUT2D eigenvalue weighted by molar-refractivity contribution is 5.83. The molecule has 2 aliphatic carbocycles. The summed E-state index contributed by atoms with van der Waals surface area (Å²) in [6.07, 6.45) is 11.6. The van der Waals surface area contributed by atoms with E-state index in [4.69, 9.17) is 33.5 Å². The zero-order valence-corrected chi connectivity index (χ0v) is 27.1. The molecule has 0 aromatic carbocycles. The Morgan fingerprint density at radius 3 is 2.67 bits per heavy atom. The van der Waals surface area contributed by atoms with Crippen molar-refractivity contribution < 1.29 is 53.0 Å². The minimum absolute atomic E-state index is 0.0466. The van der Waals surface area contributed by atoms with Gasteiger partial charge in [0, 0.05) is 30.1 Å². The quantitative estimate of drug-likeness (QED) is 0.181. The first-order valence-electron chi connectivity index (χ1n) is 16.1. The number of aliphatic hydroxyl groups is 1. The second kappa shape index (κ2) is 13.9. The maximum Gasteiger partial charge on any atom is 0.331 e. The van der Waals surface area contributed by atoms with Crippen LogP contribution in [0.1, 0.15) is 59.8 Å². The number of carbonyl (C=O) groups excluding carboxylic acids is 2. The predicted molar refractivity (Wildman–Crippen MR) is 166 cm³/mol. The van der Waals surface area contributed by atoms with Gasteiger partial charge in [-0.2, -0.15) is 0 Å². The average molecular weight is 643 g/mol. The second-order valence-corrected chi connectivity index (χ2v) is 13.3. The summed E-state index contributed by atoms with van der Waals surface area (Å²) in [6, 6.07) is 0. The number of ether oxygens (including phenoxy) is 6. The van der Waals surface area contributed by atoms with Crippen molar-refractivity contribution in [1.82, 2.24) is 0 Å². The van der Waals surface area contributed by atoms with Crippen molar-refractivity contribution >= 4 is 17.9 Å². The van der Waals surface area contributed by atoms with Gasteiger partial charge in [-0.15, -0.1) is 0 Å². The van der Waals surface area contributed by atoms with Crippen molar-refractivity contribution in [3.63, 3.8) is 0 Å². The Bertz CT molecular complexity index is 1340. The van der Waals surface area contributed by atoms with Gasteiger partial charge in [-0.3, -0.25) is 0 Å². The largest absolute Gasteiger partial charge is 0.478 e. The molecule has 5 rings (SSSR count). The lowest BCUT2D eigenvalue weighted by molar-refractivity contribution is -0.232. The molecular formula is C35H46O11. The molecule has 11 nitrogen and oxygen atoms in total. The Balaban J connectivity index is 1.39. The molecule has 2 N–H and O–H groups in total. The Kier molecular flexibility index (Phi) is 10.4. The molecule has 0 radical (unpaired) electrons. The van der Waals surface area contributed by atoms with Gasteiger partial charge in [-0.05, 0) is 52.0 Å². The summed E-state index contributed by atoms with van der Waals surface area (Å²) in [7, 11) is 0.